The van der Waals surface area contributed by atoms with Gasteiger partial charge in [-0.2, -0.15) is 0 Å². The van der Waals surface area contributed by atoms with E-state index < -0.39 is 42.4 Å². The zero-order valence-corrected chi connectivity index (χ0v) is 15.3. The molecule has 0 aliphatic heterocycles. The molecular weight excluding hydrogens is 356 g/mol. The van der Waals surface area contributed by atoms with E-state index in [0.29, 0.717) is 0 Å². The van der Waals surface area contributed by atoms with E-state index >= 15 is 0 Å². The molecule has 148 valence electrons. The van der Waals surface area contributed by atoms with E-state index in [1.54, 1.807) is 31.2 Å². The number of carboxylic acid groups (broad SMARTS) is 1. The van der Waals surface area contributed by atoms with Crippen LogP contribution in [0.3, 0.4) is 0 Å². The number of hydrogen-bond acceptors (Lipinski definition) is 6. The lowest BCUT2D eigenvalue weighted by molar-refractivity contribution is -0.147. The number of carboxylic acids is 1. The van der Waals surface area contributed by atoms with Crippen molar-refractivity contribution in [2.24, 2.45) is 5.92 Å². The lowest BCUT2D eigenvalue weighted by atomic mass is 9.98. The lowest BCUT2D eigenvalue weighted by Crippen LogP contribution is -2.49. The maximum absolute atomic E-state index is 11.9. The van der Waals surface area contributed by atoms with Gasteiger partial charge in [-0.3, -0.25) is 9.59 Å². The Labute approximate surface area is 157 Å². The molecular formula is C18H24N2O7. The molecule has 9 heteroatoms. The minimum atomic E-state index is -1.29. The molecule has 0 aromatic heterocycles. The molecule has 0 radical (unpaired) electrons. The molecule has 2 atom stereocenters. The van der Waals surface area contributed by atoms with Gasteiger partial charge in [-0.25, -0.2) is 9.59 Å². The molecule has 0 saturated heterocycles. The van der Waals surface area contributed by atoms with Crippen LogP contribution in [0.1, 0.15) is 25.8 Å². The van der Waals surface area contributed by atoms with Crippen molar-refractivity contribution in [2.45, 2.75) is 32.9 Å². The first kappa shape index (κ1) is 21.9. The summed E-state index contributed by atoms with van der Waals surface area (Å²) in [7, 11) is 0. The summed E-state index contributed by atoms with van der Waals surface area (Å²) < 4.78 is 9.72. The number of amides is 2. The standard InChI is InChI=1S/C18H24N2O7/c1-3-26-15(22)9-12(2)16(17(23)24)20-14(21)10-19-18(25)27-11-13-7-5-4-6-8-13/h4-8,12,16H,3,9-11H2,1-2H3,(H,19,25)(H,20,21)(H,23,24)/t12-,16-/m1/s1. The Morgan fingerprint density at radius 1 is 1.11 bits per heavy atom. The third-order valence-electron chi connectivity index (χ3n) is 3.55. The molecule has 1 aromatic rings. The number of esters is 1. The molecule has 2 amide bonds. The van der Waals surface area contributed by atoms with E-state index in [9.17, 15) is 24.3 Å². The van der Waals surface area contributed by atoms with Crippen LogP contribution in [0.5, 0.6) is 0 Å². The van der Waals surface area contributed by atoms with Gasteiger partial charge < -0.3 is 25.2 Å². The first-order valence-corrected chi connectivity index (χ1v) is 8.45. The fraction of sp³-hybridized carbons (Fsp3) is 0.444. The van der Waals surface area contributed by atoms with E-state index in [1.165, 1.54) is 6.92 Å². The second-order valence-electron chi connectivity index (χ2n) is 5.79. The quantitative estimate of drug-likeness (QED) is 0.517. The van der Waals surface area contributed by atoms with Gasteiger partial charge in [0.05, 0.1) is 13.0 Å². The summed E-state index contributed by atoms with van der Waals surface area (Å²) in [5.74, 6) is -3.23. The van der Waals surface area contributed by atoms with Gasteiger partial charge in [-0.1, -0.05) is 37.3 Å². The second-order valence-corrected chi connectivity index (χ2v) is 5.79. The Morgan fingerprint density at radius 3 is 2.37 bits per heavy atom. The monoisotopic (exact) mass is 380 g/mol. The van der Waals surface area contributed by atoms with Crippen molar-refractivity contribution < 1.29 is 33.8 Å². The number of carbonyl (C=O) groups excluding carboxylic acids is 3. The van der Waals surface area contributed by atoms with Crippen LogP contribution in [0.15, 0.2) is 30.3 Å². The van der Waals surface area contributed by atoms with Crippen molar-refractivity contribution in [3.8, 4) is 0 Å². The van der Waals surface area contributed by atoms with Crippen molar-refractivity contribution in [1.29, 1.82) is 0 Å². The van der Waals surface area contributed by atoms with Gasteiger partial charge in [0.1, 0.15) is 19.2 Å². The molecule has 0 fully saturated rings. The highest BCUT2D eigenvalue weighted by molar-refractivity contribution is 5.87. The number of nitrogens with one attached hydrogen (secondary N) is 2. The molecule has 0 aliphatic rings. The van der Waals surface area contributed by atoms with Crippen LogP contribution >= 0.6 is 0 Å². The SMILES string of the molecule is CCOC(=O)C[C@@H](C)[C@@H](NC(=O)CNC(=O)OCc1ccccc1)C(=O)O. The third kappa shape index (κ3) is 8.70. The smallest absolute Gasteiger partial charge is 0.407 e. The Hall–Kier alpha value is -3.10. The third-order valence-corrected chi connectivity index (χ3v) is 3.55. The van der Waals surface area contributed by atoms with Gasteiger partial charge in [-0.05, 0) is 18.4 Å². The maximum Gasteiger partial charge on any atom is 0.407 e. The number of rotatable bonds is 10. The minimum Gasteiger partial charge on any atom is -0.480 e. The number of hydrogen-bond donors (Lipinski definition) is 3. The first-order chi connectivity index (χ1) is 12.8. The maximum atomic E-state index is 11.9. The molecule has 1 aromatic carbocycles. The average molecular weight is 380 g/mol. The Bertz CT molecular complexity index is 648. The number of ether oxygens (including phenoxy) is 2. The fourth-order valence-electron chi connectivity index (χ4n) is 2.20. The van der Waals surface area contributed by atoms with Crippen LogP contribution in [0.25, 0.3) is 0 Å². The van der Waals surface area contributed by atoms with E-state index in [4.69, 9.17) is 9.47 Å². The molecule has 0 heterocycles. The van der Waals surface area contributed by atoms with E-state index in [-0.39, 0.29) is 19.6 Å². The van der Waals surface area contributed by atoms with Crippen LogP contribution in [-0.4, -0.2) is 48.2 Å². The zero-order chi connectivity index (χ0) is 20.2. The minimum absolute atomic E-state index is 0.0443. The predicted octanol–water partition coefficient (Wildman–Crippen LogP) is 1.07. The topological polar surface area (TPSA) is 131 Å². The predicted molar refractivity (Wildman–Crippen MR) is 94.6 cm³/mol. The molecule has 0 saturated carbocycles. The summed E-state index contributed by atoms with van der Waals surface area (Å²) in [6.45, 7) is 2.93. The summed E-state index contributed by atoms with van der Waals surface area (Å²) >= 11 is 0. The van der Waals surface area contributed by atoms with Crippen LogP contribution in [0, 0.1) is 5.92 Å². The van der Waals surface area contributed by atoms with E-state index in [1.807, 2.05) is 6.07 Å². The number of aliphatic carboxylic acids is 1. The summed E-state index contributed by atoms with van der Waals surface area (Å²) in [6, 6.07) is 7.70. The van der Waals surface area contributed by atoms with Crippen LogP contribution in [-0.2, 0) is 30.5 Å². The molecule has 0 spiro atoms. The van der Waals surface area contributed by atoms with Crippen molar-refractivity contribution >= 4 is 23.9 Å². The molecule has 1 rings (SSSR count). The largest absolute Gasteiger partial charge is 0.480 e. The highest BCUT2D eigenvalue weighted by atomic mass is 16.5. The van der Waals surface area contributed by atoms with Crippen molar-refractivity contribution in [3.05, 3.63) is 35.9 Å². The van der Waals surface area contributed by atoms with E-state index in [2.05, 4.69) is 10.6 Å². The number of alkyl carbamates (subject to hydrolysis) is 1. The van der Waals surface area contributed by atoms with Gasteiger partial charge in [-0.15, -0.1) is 0 Å². The highest BCUT2D eigenvalue weighted by Gasteiger charge is 2.28. The second kappa shape index (κ2) is 11.5. The zero-order valence-electron chi connectivity index (χ0n) is 15.3. The Balaban J connectivity index is 2.41. The molecule has 9 nitrogen and oxygen atoms in total. The van der Waals surface area contributed by atoms with Crippen LogP contribution < -0.4 is 10.6 Å². The van der Waals surface area contributed by atoms with Crippen molar-refractivity contribution in [1.82, 2.24) is 10.6 Å². The normalized spacial score (nSPS) is 12.4. The summed E-state index contributed by atoms with van der Waals surface area (Å²) in [6.07, 6.45) is -0.960. The van der Waals surface area contributed by atoms with Gasteiger partial charge in [0.15, 0.2) is 0 Å². The lowest BCUT2D eigenvalue weighted by Gasteiger charge is -2.20. The molecule has 0 aliphatic carbocycles. The first-order valence-electron chi connectivity index (χ1n) is 8.45. The molecule has 0 bridgehead atoms. The molecule has 3 N–H and O–H groups in total. The number of benzene rings is 1. The van der Waals surface area contributed by atoms with Crippen molar-refractivity contribution in [2.75, 3.05) is 13.2 Å². The Morgan fingerprint density at radius 2 is 1.78 bits per heavy atom. The Kier molecular flexibility index (Phi) is 9.35. The fourth-order valence-corrected chi connectivity index (χ4v) is 2.20. The van der Waals surface area contributed by atoms with Gasteiger partial charge in [0, 0.05) is 0 Å². The summed E-state index contributed by atoms with van der Waals surface area (Å²) in [4.78, 5) is 46.3. The van der Waals surface area contributed by atoms with Gasteiger partial charge in [0.25, 0.3) is 0 Å². The van der Waals surface area contributed by atoms with Crippen LogP contribution in [0.4, 0.5) is 4.79 Å². The summed E-state index contributed by atoms with van der Waals surface area (Å²) in [5, 5.41) is 13.8. The number of carbonyl (C=O) groups is 4. The summed E-state index contributed by atoms with van der Waals surface area (Å²) in [5.41, 5.74) is 0.788. The van der Waals surface area contributed by atoms with Gasteiger partial charge in [0.2, 0.25) is 5.91 Å². The van der Waals surface area contributed by atoms with Crippen LogP contribution in [0.2, 0.25) is 0 Å². The van der Waals surface area contributed by atoms with Gasteiger partial charge >= 0.3 is 18.0 Å². The van der Waals surface area contributed by atoms with E-state index in [0.717, 1.165) is 5.56 Å². The van der Waals surface area contributed by atoms with Crippen molar-refractivity contribution in [3.63, 3.8) is 0 Å². The molecule has 27 heavy (non-hydrogen) atoms. The highest BCUT2D eigenvalue weighted by Crippen LogP contribution is 2.10. The average Bonchev–Trinajstić information content (AvgIpc) is 2.63. The molecule has 0 unspecified atom stereocenters.